The van der Waals surface area contributed by atoms with Gasteiger partial charge in [-0.1, -0.05) is 35.5 Å². The summed E-state index contributed by atoms with van der Waals surface area (Å²) >= 11 is 0. The zero-order valence-electron chi connectivity index (χ0n) is 14.8. The SMILES string of the molecule is CN(C)c1cc[nH+]c(-n2cccc2/C=N\OCc2ccccc2)c1C#N. The number of nitriles is 1. The van der Waals surface area contributed by atoms with E-state index >= 15 is 0 Å². The molecule has 3 rings (SSSR count). The highest BCUT2D eigenvalue weighted by Gasteiger charge is 2.20. The second kappa shape index (κ2) is 7.99. The van der Waals surface area contributed by atoms with Crippen molar-refractivity contribution >= 4 is 11.9 Å². The van der Waals surface area contributed by atoms with Crippen LogP contribution < -0.4 is 9.88 Å². The fraction of sp³-hybridized carbons (Fsp3) is 0.150. The molecule has 0 atom stereocenters. The molecule has 0 aliphatic rings. The monoisotopic (exact) mass is 346 g/mol. The quantitative estimate of drug-likeness (QED) is 0.509. The molecule has 26 heavy (non-hydrogen) atoms. The average molecular weight is 346 g/mol. The highest BCUT2D eigenvalue weighted by molar-refractivity contribution is 5.78. The molecule has 2 heterocycles. The van der Waals surface area contributed by atoms with Crippen molar-refractivity contribution in [1.82, 2.24) is 4.57 Å². The van der Waals surface area contributed by atoms with Crippen molar-refractivity contribution < 1.29 is 9.82 Å². The Morgan fingerprint density at radius 2 is 2.00 bits per heavy atom. The first-order chi connectivity index (χ1) is 12.7. The first-order valence-corrected chi connectivity index (χ1v) is 8.20. The summed E-state index contributed by atoms with van der Waals surface area (Å²) in [6.07, 6.45) is 5.34. The highest BCUT2D eigenvalue weighted by atomic mass is 16.6. The maximum atomic E-state index is 9.61. The van der Waals surface area contributed by atoms with Crippen molar-refractivity contribution in [3.8, 4) is 11.9 Å². The van der Waals surface area contributed by atoms with Crippen molar-refractivity contribution in [3.05, 3.63) is 77.7 Å². The van der Waals surface area contributed by atoms with Gasteiger partial charge in [0.25, 0.3) is 0 Å². The Balaban J connectivity index is 1.82. The molecule has 0 amide bonds. The predicted molar refractivity (Wildman–Crippen MR) is 100 cm³/mol. The lowest BCUT2D eigenvalue weighted by Crippen LogP contribution is -2.20. The van der Waals surface area contributed by atoms with Crippen molar-refractivity contribution in [1.29, 1.82) is 5.26 Å². The van der Waals surface area contributed by atoms with Gasteiger partial charge in [0, 0.05) is 20.2 Å². The van der Waals surface area contributed by atoms with Crippen LogP contribution in [0, 0.1) is 11.3 Å². The van der Waals surface area contributed by atoms with Crippen LogP contribution in [0.25, 0.3) is 5.82 Å². The maximum absolute atomic E-state index is 9.61. The Kier molecular flexibility index (Phi) is 5.30. The Bertz CT molecular complexity index is 938. The van der Waals surface area contributed by atoms with Gasteiger partial charge in [0.1, 0.15) is 18.9 Å². The van der Waals surface area contributed by atoms with Crippen molar-refractivity contribution in [3.63, 3.8) is 0 Å². The molecule has 0 bridgehead atoms. The van der Waals surface area contributed by atoms with E-state index in [2.05, 4.69) is 16.2 Å². The van der Waals surface area contributed by atoms with Crippen LogP contribution in [0.2, 0.25) is 0 Å². The summed E-state index contributed by atoms with van der Waals surface area (Å²) in [6.45, 7) is 0.406. The van der Waals surface area contributed by atoms with E-state index in [4.69, 9.17) is 4.84 Å². The molecule has 0 radical (unpaired) electrons. The molecule has 0 saturated carbocycles. The Hall–Kier alpha value is -3.59. The molecule has 1 aromatic carbocycles. The largest absolute Gasteiger partial charge is 0.391 e. The molecule has 1 N–H and O–H groups in total. The third-order valence-electron chi connectivity index (χ3n) is 3.90. The number of nitrogens with one attached hydrogen (secondary N) is 1. The zero-order valence-corrected chi connectivity index (χ0v) is 14.8. The van der Waals surface area contributed by atoms with E-state index in [1.165, 1.54) is 0 Å². The molecule has 0 aliphatic heterocycles. The van der Waals surface area contributed by atoms with Gasteiger partial charge in [0.15, 0.2) is 11.3 Å². The zero-order chi connectivity index (χ0) is 18.4. The second-order valence-corrected chi connectivity index (χ2v) is 5.89. The second-order valence-electron chi connectivity index (χ2n) is 5.89. The van der Waals surface area contributed by atoms with Gasteiger partial charge in [-0.2, -0.15) is 9.83 Å². The molecular formula is C20H20N5O+. The topological polar surface area (TPSA) is 67.7 Å². The standard InChI is InChI=1S/C20H19N5O/c1-24(2)19-10-11-22-20(18(19)13-21)25-12-6-9-17(25)14-23-26-15-16-7-4-3-5-8-16/h3-12,14H,15H2,1-2H3/p+1/b23-14-. The van der Waals surface area contributed by atoms with Crippen LogP contribution in [0.4, 0.5) is 5.69 Å². The van der Waals surface area contributed by atoms with Crippen LogP contribution in [0.1, 0.15) is 16.8 Å². The molecule has 0 saturated heterocycles. The summed E-state index contributed by atoms with van der Waals surface area (Å²) in [6, 6.07) is 17.8. The van der Waals surface area contributed by atoms with Gasteiger partial charge in [-0.25, -0.2) is 4.98 Å². The van der Waals surface area contributed by atoms with Crippen LogP contribution in [0.15, 0.2) is 66.1 Å². The minimum atomic E-state index is 0.406. The van der Waals surface area contributed by atoms with Gasteiger partial charge in [-0.15, -0.1) is 0 Å². The minimum absolute atomic E-state index is 0.406. The molecule has 0 spiro atoms. The predicted octanol–water partition coefficient (Wildman–Crippen LogP) is 2.78. The number of anilines is 1. The number of benzene rings is 1. The van der Waals surface area contributed by atoms with E-state index in [0.717, 1.165) is 16.9 Å². The summed E-state index contributed by atoms with van der Waals surface area (Å²) < 4.78 is 1.88. The summed E-state index contributed by atoms with van der Waals surface area (Å²) in [5.74, 6) is 0.688. The number of hydrogen-bond donors (Lipinski definition) is 0. The highest BCUT2D eigenvalue weighted by Crippen LogP contribution is 2.21. The molecule has 0 aliphatic carbocycles. The average Bonchev–Trinajstić information content (AvgIpc) is 3.13. The van der Waals surface area contributed by atoms with Gasteiger partial charge in [-0.3, -0.25) is 0 Å². The van der Waals surface area contributed by atoms with Gasteiger partial charge in [0.05, 0.1) is 18.1 Å². The molecule has 3 aromatic rings. The summed E-state index contributed by atoms with van der Waals surface area (Å²) in [4.78, 5) is 10.4. The van der Waals surface area contributed by atoms with Gasteiger partial charge < -0.3 is 9.74 Å². The molecule has 6 nitrogen and oxygen atoms in total. The summed E-state index contributed by atoms with van der Waals surface area (Å²) in [5.41, 5.74) is 3.27. The Labute approximate surface area is 152 Å². The normalized spacial score (nSPS) is 10.7. The number of hydrogen-bond acceptors (Lipinski definition) is 4. The van der Waals surface area contributed by atoms with Gasteiger partial charge in [-0.05, 0) is 17.7 Å². The summed E-state index contributed by atoms with van der Waals surface area (Å²) in [7, 11) is 3.82. The van der Waals surface area contributed by atoms with Crippen LogP contribution in [0.3, 0.4) is 0 Å². The number of oxime groups is 1. The number of aromatic nitrogens is 2. The number of pyridine rings is 1. The molecule has 0 fully saturated rings. The minimum Gasteiger partial charge on any atom is -0.391 e. The van der Waals surface area contributed by atoms with E-state index in [-0.39, 0.29) is 0 Å². The first-order valence-electron chi connectivity index (χ1n) is 8.20. The van der Waals surface area contributed by atoms with Crippen LogP contribution in [-0.2, 0) is 11.4 Å². The van der Waals surface area contributed by atoms with E-state index < -0.39 is 0 Å². The van der Waals surface area contributed by atoms with Gasteiger partial charge >= 0.3 is 5.82 Å². The van der Waals surface area contributed by atoms with Crippen LogP contribution in [0.5, 0.6) is 0 Å². The summed E-state index contributed by atoms with van der Waals surface area (Å²) in [5, 5.41) is 13.7. The maximum Gasteiger partial charge on any atom is 0.304 e. The van der Waals surface area contributed by atoms with Crippen molar-refractivity contribution in [2.45, 2.75) is 6.61 Å². The van der Waals surface area contributed by atoms with Crippen molar-refractivity contribution in [2.75, 3.05) is 19.0 Å². The van der Waals surface area contributed by atoms with E-state index in [0.29, 0.717) is 18.0 Å². The molecule has 130 valence electrons. The van der Waals surface area contributed by atoms with E-state index in [9.17, 15) is 5.26 Å². The molecular weight excluding hydrogens is 326 g/mol. The lowest BCUT2D eigenvalue weighted by atomic mass is 10.2. The smallest absolute Gasteiger partial charge is 0.304 e. The van der Waals surface area contributed by atoms with Crippen molar-refractivity contribution in [2.24, 2.45) is 5.16 Å². The Morgan fingerprint density at radius 3 is 2.73 bits per heavy atom. The lowest BCUT2D eigenvalue weighted by molar-refractivity contribution is -0.373. The fourth-order valence-corrected chi connectivity index (χ4v) is 2.63. The number of aromatic amines is 1. The molecule has 0 unspecified atom stereocenters. The van der Waals surface area contributed by atoms with Gasteiger partial charge in [0.2, 0.25) is 0 Å². The third-order valence-corrected chi connectivity index (χ3v) is 3.90. The Morgan fingerprint density at radius 1 is 1.19 bits per heavy atom. The first kappa shape index (κ1) is 17.2. The number of nitrogens with zero attached hydrogens (tertiary/aromatic N) is 4. The van der Waals surface area contributed by atoms with Crippen LogP contribution >= 0.6 is 0 Å². The van der Waals surface area contributed by atoms with E-state index in [1.54, 1.807) is 6.21 Å². The van der Waals surface area contributed by atoms with Crippen LogP contribution in [-0.4, -0.2) is 24.9 Å². The number of rotatable bonds is 6. The van der Waals surface area contributed by atoms with E-state index in [1.807, 2.05) is 84.5 Å². The third kappa shape index (κ3) is 3.73. The molecule has 2 aromatic heterocycles. The lowest BCUT2D eigenvalue weighted by Gasteiger charge is -2.13. The number of H-pyrrole nitrogens is 1. The fourth-order valence-electron chi connectivity index (χ4n) is 2.63. The molecule has 6 heteroatoms.